The van der Waals surface area contributed by atoms with Crippen molar-refractivity contribution < 1.29 is 28.2 Å². The summed E-state index contributed by atoms with van der Waals surface area (Å²) in [7, 11) is 2.95. The molecule has 3 aromatic rings. The number of rotatable bonds is 7. The van der Waals surface area contributed by atoms with E-state index in [2.05, 4.69) is 9.80 Å². The number of esters is 1. The van der Waals surface area contributed by atoms with Gasteiger partial charge in [0.25, 0.3) is 0 Å². The van der Waals surface area contributed by atoms with Crippen LogP contribution >= 0.6 is 34.2 Å². The van der Waals surface area contributed by atoms with E-state index in [4.69, 9.17) is 25.8 Å². The van der Waals surface area contributed by atoms with Crippen molar-refractivity contribution in [2.75, 3.05) is 40.4 Å². The molecule has 1 fully saturated rings. The summed E-state index contributed by atoms with van der Waals surface area (Å²) in [4.78, 5) is 29.6. The Morgan fingerprint density at radius 2 is 1.90 bits per heavy atom. The minimum Gasteiger partial charge on any atom is -0.496 e. The van der Waals surface area contributed by atoms with Crippen molar-refractivity contribution >= 4 is 57.2 Å². The maximum Gasteiger partial charge on any atom is 0.419 e. The third-order valence-electron chi connectivity index (χ3n) is 7.16. The number of carbonyl (C=O) groups is 2. The highest BCUT2D eigenvalue weighted by atomic mass is 127. The van der Waals surface area contributed by atoms with Gasteiger partial charge in [-0.05, 0) is 85.7 Å². The van der Waals surface area contributed by atoms with E-state index in [1.807, 2.05) is 45.9 Å². The molecule has 0 saturated carbocycles. The Labute approximate surface area is 258 Å². The molecule has 1 unspecified atom stereocenters. The molecule has 41 heavy (non-hydrogen) atoms. The summed E-state index contributed by atoms with van der Waals surface area (Å²) in [5.41, 5.74) is 3.15. The van der Waals surface area contributed by atoms with Crippen molar-refractivity contribution in [3.8, 4) is 5.75 Å². The third kappa shape index (κ3) is 7.15. The monoisotopic (exact) mass is 699 g/mol. The lowest BCUT2D eigenvalue weighted by Gasteiger charge is -2.42. The van der Waals surface area contributed by atoms with Gasteiger partial charge in [-0.15, -0.1) is 0 Å². The van der Waals surface area contributed by atoms with Crippen LogP contribution in [-0.2, 0) is 16.0 Å². The number of hydrogen-bond donors (Lipinski definition) is 0. The Morgan fingerprint density at radius 3 is 2.51 bits per heavy atom. The smallest absolute Gasteiger partial charge is 0.419 e. The van der Waals surface area contributed by atoms with E-state index in [0.29, 0.717) is 49.1 Å². The lowest BCUT2D eigenvalue weighted by Crippen LogP contribution is -2.49. The zero-order valence-electron chi connectivity index (χ0n) is 24.2. The average molecular weight is 700 g/mol. The quantitative estimate of drug-likeness (QED) is 0.153. The summed E-state index contributed by atoms with van der Waals surface area (Å²) in [6.07, 6.45) is 1.29. The second-order valence-corrected chi connectivity index (χ2v) is 12.9. The van der Waals surface area contributed by atoms with Crippen molar-refractivity contribution in [1.82, 2.24) is 14.4 Å². The molecule has 2 atom stereocenters. The van der Waals surface area contributed by atoms with Gasteiger partial charge >= 0.3 is 12.1 Å². The number of halogens is 3. The van der Waals surface area contributed by atoms with E-state index in [1.165, 1.54) is 7.11 Å². The minimum absolute atomic E-state index is 0.142. The van der Waals surface area contributed by atoms with Gasteiger partial charge in [0.1, 0.15) is 11.4 Å². The van der Waals surface area contributed by atoms with Gasteiger partial charge < -0.3 is 14.2 Å². The summed E-state index contributed by atoms with van der Waals surface area (Å²) in [6, 6.07) is 9.04. The zero-order chi connectivity index (χ0) is 30.1. The first-order chi connectivity index (χ1) is 19.3. The average Bonchev–Trinajstić information content (AvgIpc) is 3.35. The number of carbonyl (C=O) groups excluding carboxylic acids is 2. The number of nitrogens with zero attached hydrogens (tertiary/aromatic N) is 3. The molecule has 0 aliphatic carbocycles. The van der Waals surface area contributed by atoms with Crippen LogP contribution in [0.25, 0.3) is 10.9 Å². The fraction of sp³-hybridized carbons (Fsp3) is 0.467. The van der Waals surface area contributed by atoms with E-state index in [1.54, 1.807) is 52.6 Å². The molecular weight excluding hydrogens is 664 g/mol. The van der Waals surface area contributed by atoms with E-state index >= 15 is 0 Å². The maximum atomic E-state index is 14.0. The van der Waals surface area contributed by atoms with E-state index < -0.39 is 21.8 Å². The second kappa shape index (κ2) is 12.8. The SMILES string of the molecule is COC(=O)c1ccc([C@H]2CN(CC(F)I)CCN2Cc2c(OC)cc(C)c3c2ccn3C(=O)OC(C)(C)C)cc1Cl. The second-order valence-electron chi connectivity index (χ2n) is 11.2. The molecule has 1 aromatic heterocycles. The molecular formula is C30H36ClFIN3O5. The summed E-state index contributed by atoms with van der Waals surface area (Å²) >= 11 is 8.31. The number of hydrogen-bond acceptors (Lipinski definition) is 7. The molecule has 2 heterocycles. The minimum atomic E-state index is -0.991. The van der Waals surface area contributed by atoms with Gasteiger partial charge in [0.05, 0.1) is 30.3 Å². The Hall–Kier alpha value is -2.41. The number of piperazine rings is 1. The van der Waals surface area contributed by atoms with Crippen LogP contribution in [0.1, 0.15) is 53.9 Å². The van der Waals surface area contributed by atoms with Gasteiger partial charge in [-0.2, -0.15) is 0 Å². The number of aryl methyl sites for hydroxylation is 1. The van der Waals surface area contributed by atoms with Gasteiger partial charge in [-0.3, -0.25) is 14.4 Å². The topological polar surface area (TPSA) is 73.2 Å². The normalized spacial score (nSPS) is 17.4. The number of methoxy groups -OCH3 is 2. The highest BCUT2D eigenvalue weighted by Crippen LogP contribution is 2.37. The maximum absolute atomic E-state index is 14.0. The first-order valence-corrected chi connectivity index (χ1v) is 15.0. The van der Waals surface area contributed by atoms with Crippen molar-refractivity contribution in [3.63, 3.8) is 0 Å². The van der Waals surface area contributed by atoms with Crippen molar-refractivity contribution in [1.29, 1.82) is 0 Å². The summed E-state index contributed by atoms with van der Waals surface area (Å²) in [5.74, 6) is 0.211. The molecule has 1 aliphatic heterocycles. The first kappa shape index (κ1) is 31.5. The summed E-state index contributed by atoms with van der Waals surface area (Å²) in [5, 5.41) is 1.19. The highest BCUT2D eigenvalue weighted by molar-refractivity contribution is 14.1. The molecule has 0 amide bonds. The van der Waals surface area contributed by atoms with E-state index in [-0.39, 0.29) is 6.04 Å². The molecule has 0 bridgehead atoms. The standard InChI is InChI=1S/C30H36ClFIN3O5/c1-18-13-25(39-5)22(20-9-10-36(27(18)20)29(38)41-30(2,3)4)15-35-12-11-34(17-26(32)33)16-24(35)19-7-8-21(23(31)14-19)28(37)40-6/h7-10,13-14,24,26H,11-12,15-17H2,1-6H3/t24-,26?/m1/s1. The van der Waals surface area contributed by atoms with E-state index in [0.717, 1.165) is 27.6 Å². The Morgan fingerprint density at radius 1 is 1.17 bits per heavy atom. The van der Waals surface area contributed by atoms with Crippen LogP contribution in [0.2, 0.25) is 5.02 Å². The van der Waals surface area contributed by atoms with Crippen LogP contribution in [0.3, 0.4) is 0 Å². The first-order valence-electron chi connectivity index (χ1n) is 13.4. The van der Waals surface area contributed by atoms with Crippen LogP contribution in [0.15, 0.2) is 36.5 Å². The van der Waals surface area contributed by atoms with Crippen LogP contribution in [0.4, 0.5) is 9.18 Å². The van der Waals surface area contributed by atoms with Crippen molar-refractivity contribution in [2.45, 2.75) is 50.1 Å². The van der Waals surface area contributed by atoms with Gasteiger partial charge in [0.15, 0.2) is 4.18 Å². The molecule has 1 aliphatic rings. The van der Waals surface area contributed by atoms with Crippen LogP contribution in [0, 0.1) is 6.92 Å². The fourth-order valence-corrected chi connectivity index (χ4v) is 6.16. The van der Waals surface area contributed by atoms with Gasteiger partial charge in [0.2, 0.25) is 0 Å². The van der Waals surface area contributed by atoms with Crippen LogP contribution in [0.5, 0.6) is 5.75 Å². The number of benzene rings is 2. The molecule has 0 spiro atoms. The van der Waals surface area contributed by atoms with Crippen LogP contribution < -0.4 is 4.74 Å². The van der Waals surface area contributed by atoms with Gasteiger partial charge in [-0.25, -0.2) is 14.0 Å². The number of ether oxygens (including phenoxy) is 3. The molecule has 4 rings (SSSR count). The predicted octanol–water partition coefficient (Wildman–Crippen LogP) is 6.77. The van der Waals surface area contributed by atoms with Gasteiger partial charge in [-0.1, -0.05) is 17.7 Å². The Kier molecular flexibility index (Phi) is 9.88. The fourth-order valence-electron chi connectivity index (χ4n) is 5.33. The Bertz CT molecular complexity index is 1440. The highest BCUT2D eigenvalue weighted by Gasteiger charge is 2.32. The largest absolute Gasteiger partial charge is 0.496 e. The Balaban J connectivity index is 1.75. The lowest BCUT2D eigenvalue weighted by atomic mass is 9.98. The molecule has 222 valence electrons. The van der Waals surface area contributed by atoms with Crippen molar-refractivity contribution in [2.24, 2.45) is 0 Å². The molecule has 1 saturated heterocycles. The van der Waals surface area contributed by atoms with E-state index in [9.17, 15) is 14.0 Å². The number of fused-ring (bicyclic) bond motifs is 1. The van der Waals surface area contributed by atoms with Gasteiger partial charge in [0, 0.05) is 55.9 Å². The zero-order valence-corrected chi connectivity index (χ0v) is 27.1. The molecule has 8 nitrogen and oxygen atoms in total. The predicted molar refractivity (Wildman–Crippen MR) is 166 cm³/mol. The molecule has 11 heteroatoms. The lowest BCUT2D eigenvalue weighted by molar-refractivity contribution is 0.0542. The number of aromatic nitrogens is 1. The summed E-state index contributed by atoms with van der Waals surface area (Å²) in [6.45, 7) is 10.2. The molecule has 2 aromatic carbocycles. The summed E-state index contributed by atoms with van der Waals surface area (Å²) < 4.78 is 30.9. The molecule has 0 radical (unpaired) electrons. The number of alkyl halides is 2. The van der Waals surface area contributed by atoms with Crippen LogP contribution in [-0.4, -0.2) is 76.6 Å². The third-order valence-corrected chi connectivity index (χ3v) is 7.86. The molecule has 0 N–H and O–H groups in total. The van der Waals surface area contributed by atoms with Crippen molar-refractivity contribution in [3.05, 3.63) is 63.8 Å².